The number of nitrogens with zero attached hydrogens (tertiary/aromatic N) is 1. The molecule has 0 heterocycles. The van der Waals surface area contributed by atoms with Gasteiger partial charge in [-0.15, -0.1) is 17.0 Å². The third-order valence-electron chi connectivity index (χ3n) is 4.11. The Morgan fingerprint density at radius 1 is 1.13 bits per heavy atom. The number of nitrogens with one attached hydrogen (secondary N) is 1. The lowest BCUT2D eigenvalue weighted by molar-refractivity contribution is -0.923. The maximum Gasteiger partial charge on any atom is 0.134 e. The normalized spacial score (nSPS) is 10.1. The Morgan fingerprint density at radius 3 is 2.00 bits per heavy atom. The molecule has 0 saturated carbocycles. The standard InChI is InChI=1S/C9H11NO2.C8H20NO.BrH/c11-9(12)10-7-6-8-4-2-1-3-5-8;1-4-9(5-2,6-3)7-8-10;/h1-5,10H,6-7H2,(H,11,12);10H,4-8H2,1-3H3;1H/q;+1;/p-1. The molecule has 1 aromatic rings. The molecule has 134 valence electrons. The van der Waals surface area contributed by atoms with E-state index in [1.54, 1.807) is 0 Å². The molecular formula is C17H31BrN2O3. The molecule has 0 unspecified atom stereocenters. The third kappa shape index (κ3) is 11.1. The van der Waals surface area contributed by atoms with Crippen molar-refractivity contribution in [1.29, 1.82) is 0 Å². The molecule has 0 aliphatic carbocycles. The smallest absolute Gasteiger partial charge is 0.134 e. The fourth-order valence-corrected chi connectivity index (χ4v) is 2.31. The second-order valence-electron chi connectivity index (χ2n) is 5.19. The van der Waals surface area contributed by atoms with Crippen molar-refractivity contribution in [2.24, 2.45) is 0 Å². The van der Waals surface area contributed by atoms with Crippen LogP contribution in [0.15, 0.2) is 30.3 Å². The molecule has 0 aromatic heterocycles. The van der Waals surface area contributed by atoms with Gasteiger partial charge in [0.1, 0.15) is 12.6 Å². The average Bonchev–Trinajstić information content (AvgIpc) is 2.54. The number of benzene rings is 1. The van der Waals surface area contributed by atoms with Gasteiger partial charge in [0, 0.05) is 6.54 Å². The molecule has 0 fully saturated rings. The van der Waals surface area contributed by atoms with Gasteiger partial charge in [-0.3, -0.25) is 0 Å². The zero-order chi connectivity index (χ0) is 16.8. The number of hydrogen-bond acceptors (Lipinski definition) is 3. The SMILES string of the molecule is Br.CC[N+](CC)(CC)CCO.O=C([O-])NCCc1ccccc1. The molecule has 0 radical (unpaired) electrons. The molecule has 1 aromatic carbocycles. The van der Waals surface area contributed by atoms with E-state index < -0.39 is 6.09 Å². The van der Waals surface area contributed by atoms with Gasteiger partial charge in [-0.25, -0.2) is 0 Å². The van der Waals surface area contributed by atoms with Crippen molar-refractivity contribution >= 4 is 23.1 Å². The Morgan fingerprint density at radius 2 is 1.65 bits per heavy atom. The summed E-state index contributed by atoms with van der Waals surface area (Å²) in [5.41, 5.74) is 1.12. The van der Waals surface area contributed by atoms with Gasteiger partial charge in [0.15, 0.2) is 0 Å². The Labute approximate surface area is 150 Å². The van der Waals surface area contributed by atoms with Gasteiger partial charge >= 0.3 is 0 Å². The molecule has 0 spiro atoms. The minimum Gasteiger partial charge on any atom is -0.530 e. The van der Waals surface area contributed by atoms with Crippen molar-refractivity contribution in [3.8, 4) is 0 Å². The van der Waals surface area contributed by atoms with Crippen LogP contribution in [0.5, 0.6) is 0 Å². The highest BCUT2D eigenvalue weighted by molar-refractivity contribution is 8.93. The van der Waals surface area contributed by atoms with E-state index in [0.717, 1.165) is 36.2 Å². The lowest BCUT2D eigenvalue weighted by Gasteiger charge is -2.34. The summed E-state index contributed by atoms with van der Waals surface area (Å²) in [6.45, 7) is 11.6. The maximum atomic E-state index is 9.97. The number of rotatable bonds is 8. The number of likely N-dealkylation sites (N-methyl/N-ethyl adjacent to an activating group) is 1. The highest BCUT2D eigenvalue weighted by atomic mass is 79.9. The van der Waals surface area contributed by atoms with Gasteiger partial charge in [0.2, 0.25) is 0 Å². The second kappa shape index (κ2) is 14.5. The van der Waals surface area contributed by atoms with E-state index in [1.807, 2.05) is 30.3 Å². The summed E-state index contributed by atoms with van der Waals surface area (Å²) in [6, 6.07) is 9.69. The van der Waals surface area contributed by atoms with Crippen molar-refractivity contribution in [2.45, 2.75) is 27.2 Å². The number of carbonyl (C=O) groups is 1. The van der Waals surface area contributed by atoms with E-state index in [1.165, 1.54) is 0 Å². The lowest BCUT2D eigenvalue weighted by Crippen LogP contribution is -2.49. The summed E-state index contributed by atoms with van der Waals surface area (Å²) in [6.07, 6.45) is -0.514. The number of aliphatic hydroxyl groups is 1. The van der Waals surface area contributed by atoms with Gasteiger partial charge in [-0.2, -0.15) is 0 Å². The quantitative estimate of drug-likeness (QED) is 0.662. The van der Waals surface area contributed by atoms with Crippen LogP contribution in [0.2, 0.25) is 0 Å². The Bertz CT molecular complexity index is 390. The molecule has 0 bridgehead atoms. The van der Waals surface area contributed by atoms with Crippen LogP contribution in [0, 0.1) is 0 Å². The van der Waals surface area contributed by atoms with Crippen LogP contribution in [-0.4, -0.2) is 55.0 Å². The first-order chi connectivity index (χ1) is 10.5. The Hall–Kier alpha value is -1.11. The number of quaternary nitrogens is 1. The second-order valence-corrected chi connectivity index (χ2v) is 5.19. The largest absolute Gasteiger partial charge is 0.530 e. The molecule has 1 amide bonds. The van der Waals surface area contributed by atoms with E-state index in [9.17, 15) is 9.90 Å². The Balaban J connectivity index is 0. The van der Waals surface area contributed by atoms with Crippen LogP contribution >= 0.6 is 17.0 Å². The van der Waals surface area contributed by atoms with Crippen molar-refractivity contribution in [1.82, 2.24) is 5.32 Å². The van der Waals surface area contributed by atoms with Gasteiger partial charge in [-0.1, -0.05) is 30.3 Å². The van der Waals surface area contributed by atoms with E-state index >= 15 is 0 Å². The number of carboxylic acid groups (broad SMARTS) is 1. The first-order valence-corrected chi connectivity index (χ1v) is 7.98. The maximum absolute atomic E-state index is 9.97. The van der Waals surface area contributed by atoms with Crippen LogP contribution in [0.1, 0.15) is 26.3 Å². The monoisotopic (exact) mass is 390 g/mol. The van der Waals surface area contributed by atoms with E-state index in [-0.39, 0.29) is 17.0 Å². The van der Waals surface area contributed by atoms with Crippen LogP contribution in [-0.2, 0) is 6.42 Å². The predicted octanol–water partition coefficient (Wildman–Crippen LogP) is 1.60. The molecule has 2 N–H and O–H groups in total. The number of carbonyl (C=O) groups excluding carboxylic acids is 1. The van der Waals surface area contributed by atoms with Crippen molar-refractivity contribution < 1.29 is 19.5 Å². The van der Waals surface area contributed by atoms with Crippen LogP contribution in [0.3, 0.4) is 0 Å². The number of halogens is 1. The summed E-state index contributed by atoms with van der Waals surface area (Å²) >= 11 is 0. The van der Waals surface area contributed by atoms with Gasteiger partial charge in [0.05, 0.1) is 26.2 Å². The highest BCUT2D eigenvalue weighted by Gasteiger charge is 2.18. The van der Waals surface area contributed by atoms with E-state index in [2.05, 4.69) is 26.1 Å². The molecule has 6 heteroatoms. The fourth-order valence-electron chi connectivity index (χ4n) is 2.31. The minimum absolute atomic E-state index is 0. The predicted molar refractivity (Wildman–Crippen MR) is 97.7 cm³/mol. The van der Waals surface area contributed by atoms with Crippen molar-refractivity contribution in [2.75, 3.05) is 39.3 Å². The molecule has 5 nitrogen and oxygen atoms in total. The number of amides is 1. The zero-order valence-electron chi connectivity index (χ0n) is 14.5. The molecule has 0 aliphatic rings. The summed E-state index contributed by atoms with van der Waals surface area (Å²) in [4.78, 5) is 9.97. The average molecular weight is 391 g/mol. The topological polar surface area (TPSA) is 72.4 Å². The lowest BCUT2D eigenvalue weighted by atomic mass is 10.1. The Kier molecular flexibility index (Phi) is 15.2. The molecule has 0 saturated heterocycles. The third-order valence-corrected chi connectivity index (χ3v) is 4.11. The van der Waals surface area contributed by atoms with Gasteiger partial charge in [-0.05, 0) is 32.8 Å². The van der Waals surface area contributed by atoms with E-state index in [4.69, 9.17) is 5.11 Å². The summed E-state index contributed by atoms with van der Waals surface area (Å²) in [5, 5.41) is 20.9. The molecule has 23 heavy (non-hydrogen) atoms. The minimum atomic E-state index is -1.22. The van der Waals surface area contributed by atoms with Gasteiger partial charge < -0.3 is 24.8 Å². The molecule has 1 rings (SSSR count). The van der Waals surface area contributed by atoms with Crippen molar-refractivity contribution in [3.63, 3.8) is 0 Å². The fraction of sp³-hybridized carbons (Fsp3) is 0.588. The molecule has 0 aliphatic heterocycles. The van der Waals surface area contributed by atoms with Crippen LogP contribution in [0.25, 0.3) is 0 Å². The van der Waals surface area contributed by atoms with Crippen LogP contribution < -0.4 is 10.4 Å². The summed E-state index contributed by atoms with van der Waals surface area (Å²) in [5.74, 6) is 0. The summed E-state index contributed by atoms with van der Waals surface area (Å²) < 4.78 is 1.05. The first kappa shape index (κ1) is 24.1. The van der Waals surface area contributed by atoms with Crippen molar-refractivity contribution in [3.05, 3.63) is 35.9 Å². The summed E-state index contributed by atoms with van der Waals surface area (Å²) in [7, 11) is 0. The molecule has 0 atom stereocenters. The molecular weight excluding hydrogens is 360 g/mol. The van der Waals surface area contributed by atoms with Gasteiger partial charge in [0.25, 0.3) is 0 Å². The first-order valence-electron chi connectivity index (χ1n) is 7.98. The van der Waals surface area contributed by atoms with Crippen LogP contribution in [0.4, 0.5) is 4.79 Å². The number of aliphatic hydroxyl groups excluding tert-OH is 1. The highest BCUT2D eigenvalue weighted by Crippen LogP contribution is 2.03. The van der Waals surface area contributed by atoms with E-state index in [0.29, 0.717) is 19.6 Å². The zero-order valence-corrected chi connectivity index (χ0v) is 16.2. The number of hydrogen-bond donors (Lipinski definition) is 2.